The predicted octanol–water partition coefficient (Wildman–Crippen LogP) is 1.01. The largest absolute Gasteiger partial charge is 0.393 e. The Morgan fingerprint density at radius 2 is 2.13 bits per heavy atom. The predicted molar refractivity (Wildman–Crippen MR) is 55.7 cm³/mol. The molecule has 1 rings (SSSR count). The highest BCUT2D eigenvalue weighted by molar-refractivity contribution is 5.75. The molecule has 0 aliphatic rings. The van der Waals surface area contributed by atoms with Gasteiger partial charge in [0, 0.05) is 0 Å². The van der Waals surface area contributed by atoms with Crippen LogP contribution in [0.15, 0.2) is 30.3 Å². The van der Waals surface area contributed by atoms with Crippen molar-refractivity contribution in [2.75, 3.05) is 0 Å². The lowest BCUT2D eigenvalue weighted by Crippen LogP contribution is -2.26. The number of benzene rings is 1. The van der Waals surface area contributed by atoms with E-state index in [1.165, 1.54) is 0 Å². The van der Waals surface area contributed by atoms with Crippen LogP contribution in [-0.2, 0) is 16.2 Å². The van der Waals surface area contributed by atoms with Crippen LogP contribution in [0, 0.1) is 0 Å². The Bertz CT molecular complexity index is 298. The molecule has 4 nitrogen and oxygen atoms in total. The third-order valence-electron chi connectivity index (χ3n) is 1.75. The maximum absolute atomic E-state index is 11.0. The summed E-state index contributed by atoms with van der Waals surface area (Å²) in [4.78, 5) is 16.0. The molecule has 0 radical (unpaired) electrons. The summed E-state index contributed by atoms with van der Waals surface area (Å²) in [5, 5.41) is 8.92. The van der Waals surface area contributed by atoms with E-state index < -0.39 is 6.10 Å². The number of aliphatic hydroxyl groups excluding tert-OH is 1. The van der Waals surface area contributed by atoms with Crippen LogP contribution in [0.1, 0.15) is 18.9 Å². The van der Waals surface area contributed by atoms with Crippen LogP contribution in [0.4, 0.5) is 0 Å². The van der Waals surface area contributed by atoms with Crippen LogP contribution >= 0.6 is 0 Å². The normalized spacial score (nSPS) is 12.1. The van der Waals surface area contributed by atoms with Crippen molar-refractivity contribution in [3.05, 3.63) is 35.9 Å². The molecule has 1 amide bonds. The fourth-order valence-corrected chi connectivity index (χ4v) is 1.08. The number of rotatable bonds is 5. The van der Waals surface area contributed by atoms with E-state index in [4.69, 9.17) is 9.94 Å². The van der Waals surface area contributed by atoms with Crippen LogP contribution < -0.4 is 5.48 Å². The van der Waals surface area contributed by atoms with Gasteiger partial charge in [0.25, 0.3) is 0 Å². The Hall–Kier alpha value is -1.39. The molecule has 1 aromatic rings. The summed E-state index contributed by atoms with van der Waals surface area (Å²) in [6.45, 7) is 1.88. The molecule has 0 saturated heterocycles. The lowest BCUT2D eigenvalue weighted by molar-refractivity contribution is -0.136. The van der Waals surface area contributed by atoms with Gasteiger partial charge in [0.15, 0.2) is 0 Å². The van der Waals surface area contributed by atoms with E-state index in [1.54, 1.807) is 6.92 Å². The van der Waals surface area contributed by atoms with E-state index in [-0.39, 0.29) is 12.3 Å². The minimum absolute atomic E-state index is 0.0504. The van der Waals surface area contributed by atoms with Gasteiger partial charge in [-0.1, -0.05) is 30.3 Å². The summed E-state index contributed by atoms with van der Waals surface area (Å²) >= 11 is 0. The highest BCUT2D eigenvalue weighted by atomic mass is 16.6. The molecular weight excluding hydrogens is 194 g/mol. The molecule has 0 unspecified atom stereocenters. The zero-order chi connectivity index (χ0) is 11.1. The molecule has 0 fully saturated rings. The third-order valence-corrected chi connectivity index (χ3v) is 1.75. The van der Waals surface area contributed by atoms with Gasteiger partial charge in [0.2, 0.25) is 5.91 Å². The highest BCUT2D eigenvalue weighted by Crippen LogP contribution is 1.99. The molecule has 0 saturated carbocycles. The van der Waals surface area contributed by atoms with Crippen molar-refractivity contribution in [3.63, 3.8) is 0 Å². The molecule has 4 heteroatoms. The molecule has 0 aliphatic heterocycles. The summed E-state index contributed by atoms with van der Waals surface area (Å²) in [6, 6.07) is 9.52. The van der Waals surface area contributed by atoms with E-state index in [0.717, 1.165) is 5.56 Å². The molecule has 0 aliphatic carbocycles. The molecule has 15 heavy (non-hydrogen) atoms. The summed E-state index contributed by atoms with van der Waals surface area (Å²) < 4.78 is 0. The minimum atomic E-state index is -0.648. The van der Waals surface area contributed by atoms with Gasteiger partial charge in [-0.3, -0.25) is 9.63 Å². The quantitative estimate of drug-likeness (QED) is 0.711. The standard InChI is InChI=1S/C11H15NO3/c1-9(13)7-11(14)12-15-8-10-5-3-2-4-6-10/h2-6,9,13H,7-8H2,1H3,(H,12,14)/t9-/m1/s1. The van der Waals surface area contributed by atoms with Gasteiger partial charge in [-0.15, -0.1) is 0 Å². The summed E-state index contributed by atoms with van der Waals surface area (Å²) in [7, 11) is 0. The van der Waals surface area contributed by atoms with Crippen molar-refractivity contribution < 1.29 is 14.7 Å². The molecule has 1 aromatic carbocycles. The van der Waals surface area contributed by atoms with Crippen LogP contribution in [0.3, 0.4) is 0 Å². The van der Waals surface area contributed by atoms with Gasteiger partial charge in [-0.2, -0.15) is 0 Å². The van der Waals surface area contributed by atoms with Gasteiger partial charge >= 0.3 is 0 Å². The van der Waals surface area contributed by atoms with E-state index in [1.807, 2.05) is 30.3 Å². The molecule has 0 heterocycles. The van der Waals surface area contributed by atoms with E-state index >= 15 is 0 Å². The summed E-state index contributed by atoms with van der Waals surface area (Å²) in [5.41, 5.74) is 3.24. The topological polar surface area (TPSA) is 58.6 Å². The summed E-state index contributed by atoms with van der Waals surface area (Å²) in [5.74, 6) is -0.319. The van der Waals surface area contributed by atoms with Crippen molar-refractivity contribution in [3.8, 4) is 0 Å². The van der Waals surface area contributed by atoms with Gasteiger partial charge in [-0.05, 0) is 12.5 Å². The number of carbonyl (C=O) groups excluding carboxylic acids is 1. The highest BCUT2D eigenvalue weighted by Gasteiger charge is 2.05. The van der Waals surface area contributed by atoms with Gasteiger partial charge in [0.05, 0.1) is 19.1 Å². The average molecular weight is 209 g/mol. The van der Waals surface area contributed by atoms with Crippen LogP contribution in [0.2, 0.25) is 0 Å². The van der Waals surface area contributed by atoms with Crippen molar-refractivity contribution in [1.29, 1.82) is 0 Å². The first kappa shape index (κ1) is 11.7. The third kappa shape index (κ3) is 5.15. The first-order valence-corrected chi connectivity index (χ1v) is 4.81. The first-order valence-electron chi connectivity index (χ1n) is 4.81. The Morgan fingerprint density at radius 3 is 2.73 bits per heavy atom. The van der Waals surface area contributed by atoms with Crippen LogP contribution in [-0.4, -0.2) is 17.1 Å². The molecule has 0 spiro atoms. The Balaban J connectivity index is 2.19. The number of hydrogen-bond acceptors (Lipinski definition) is 3. The molecule has 0 bridgehead atoms. The maximum Gasteiger partial charge on any atom is 0.246 e. The second-order valence-corrected chi connectivity index (χ2v) is 3.35. The lowest BCUT2D eigenvalue weighted by atomic mass is 10.2. The number of amides is 1. The molecule has 1 atom stereocenters. The van der Waals surface area contributed by atoms with E-state index in [0.29, 0.717) is 6.61 Å². The number of hydrogen-bond donors (Lipinski definition) is 2. The Morgan fingerprint density at radius 1 is 1.47 bits per heavy atom. The van der Waals surface area contributed by atoms with Crippen molar-refractivity contribution in [1.82, 2.24) is 5.48 Å². The van der Waals surface area contributed by atoms with Crippen molar-refractivity contribution in [2.24, 2.45) is 0 Å². The van der Waals surface area contributed by atoms with Gasteiger partial charge in [0.1, 0.15) is 0 Å². The molecule has 82 valence electrons. The molecule has 0 aromatic heterocycles. The fourth-order valence-electron chi connectivity index (χ4n) is 1.08. The summed E-state index contributed by atoms with van der Waals surface area (Å²) in [6.07, 6.45) is -0.597. The van der Waals surface area contributed by atoms with E-state index in [9.17, 15) is 4.79 Å². The maximum atomic E-state index is 11.0. The van der Waals surface area contributed by atoms with E-state index in [2.05, 4.69) is 5.48 Å². The van der Waals surface area contributed by atoms with Crippen LogP contribution in [0.5, 0.6) is 0 Å². The smallest absolute Gasteiger partial charge is 0.246 e. The molecule has 2 N–H and O–H groups in total. The minimum Gasteiger partial charge on any atom is -0.393 e. The fraction of sp³-hybridized carbons (Fsp3) is 0.364. The van der Waals surface area contributed by atoms with Crippen LogP contribution in [0.25, 0.3) is 0 Å². The lowest BCUT2D eigenvalue weighted by Gasteiger charge is -2.06. The van der Waals surface area contributed by atoms with Crippen molar-refractivity contribution in [2.45, 2.75) is 26.1 Å². The van der Waals surface area contributed by atoms with Gasteiger partial charge in [-0.25, -0.2) is 5.48 Å². The number of nitrogens with one attached hydrogen (secondary N) is 1. The zero-order valence-corrected chi connectivity index (χ0v) is 8.64. The SMILES string of the molecule is C[C@@H](O)CC(=O)NOCc1ccccc1. The number of hydroxylamine groups is 1. The first-order chi connectivity index (χ1) is 7.18. The monoisotopic (exact) mass is 209 g/mol. The number of carbonyl (C=O) groups is 1. The Kier molecular flexibility index (Phi) is 4.80. The zero-order valence-electron chi connectivity index (χ0n) is 8.64. The second-order valence-electron chi connectivity index (χ2n) is 3.35. The van der Waals surface area contributed by atoms with Crippen molar-refractivity contribution >= 4 is 5.91 Å². The molecular formula is C11H15NO3. The van der Waals surface area contributed by atoms with Gasteiger partial charge < -0.3 is 5.11 Å². The number of aliphatic hydroxyl groups is 1. The average Bonchev–Trinajstić information content (AvgIpc) is 2.18. The Labute approximate surface area is 88.8 Å². The second kappa shape index (κ2) is 6.16.